The molecule has 0 bridgehead atoms. The summed E-state index contributed by atoms with van der Waals surface area (Å²) in [6.07, 6.45) is 0.917. The van der Waals surface area contributed by atoms with Crippen LogP contribution in [0.25, 0.3) is 0 Å². The number of alkyl halides is 4. The molecule has 7 nitrogen and oxygen atoms in total. The highest BCUT2D eigenvalue weighted by atomic mass is 19.3. The normalized spacial score (nSPS) is 21.5. The summed E-state index contributed by atoms with van der Waals surface area (Å²) < 4.78 is 78.6. The third-order valence-electron chi connectivity index (χ3n) is 5.00. The molecule has 0 aliphatic carbocycles. The van der Waals surface area contributed by atoms with Crippen molar-refractivity contribution in [1.82, 2.24) is 4.98 Å². The van der Waals surface area contributed by atoms with Crippen molar-refractivity contribution in [3.63, 3.8) is 0 Å². The lowest BCUT2D eigenvalue weighted by atomic mass is 9.77. The molecule has 1 atom stereocenters. The second kappa shape index (κ2) is 7.92. The van der Waals surface area contributed by atoms with Crippen molar-refractivity contribution in [2.45, 2.75) is 44.4 Å². The molecule has 172 valence electrons. The van der Waals surface area contributed by atoms with Gasteiger partial charge in [-0.2, -0.15) is 17.6 Å². The maximum atomic E-state index is 15.2. The Kier molecular flexibility index (Phi) is 5.75. The van der Waals surface area contributed by atoms with Gasteiger partial charge in [0, 0.05) is 11.3 Å². The molecular weight excluding hydrogens is 439 g/mol. The minimum atomic E-state index is -3.69. The Bertz CT molecular complexity index is 1060. The predicted molar refractivity (Wildman–Crippen MR) is 104 cm³/mol. The molecule has 0 saturated heterocycles. The number of pyridine rings is 1. The number of hydrogen-bond acceptors (Lipinski definition) is 6. The average molecular weight is 458 g/mol. The molecule has 12 heteroatoms. The van der Waals surface area contributed by atoms with Crippen LogP contribution in [0.5, 0.6) is 5.75 Å². The second-order valence-electron chi connectivity index (χ2n) is 7.62. The number of nitrogens with zero attached hydrogens (tertiary/aromatic N) is 2. The maximum absolute atomic E-state index is 15.2. The van der Waals surface area contributed by atoms with Crippen LogP contribution < -0.4 is 15.8 Å². The van der Waals surface area contributed by atoms with E-state index in [1.165, 1.54) is 0 Å². The lowest BCUT2D eigenvalue weighted by molar-refractivity contribution is -0.207. The van der Waals surface area contributed by atoms with Crippen LogP contribution in [0.2, 0.25) is 0 Å². The number of halogens is 5. The largest absolute Gasteiger partial charge is 0.453 e. The van der Waals surface area contributed by atoms with E-state index in [2.05, 4.69) is 20.0 Å². The fourth-order valence-electron chi connectivity index (χ4n) is 3.31. The molecule has 1 aromatic carbocycles. The molecule has 0 fully saturated rings. The van der Waals surface area contributed by atoms with Crippen LogP contribution in [-0.2, 0) is 10.3 Å². The van der Waals surface area contributed by atoms with E-state index >= 15 is 8.78 Å². The summed E-state index contributed by atoms with van der Waals surface area (Å²) in [5.41, 5.74) is 0.313. The zero-order chi connectivity index (χ0) is 23.9. The number of nitrogens with two attached hydrogens (primary N) is 1. The van der Waals surface area contributed by atoms with Crippen LogP contribution >= 0.6 is 0 Å². The summed E-state index contributed by atoms with van der Waals surface area (Å²) in [7, 11) is 0. The van der Waals surface area contributed by atoms with Gasteiger partial charge in [-0.3, -0.25) is 4.79 Å². The topological polar surface area (TPSA) is 98.8 Å². The van der Waals surface area contributed by atoms with Crippen molar-refractivity contribution in [3.05, 3.63) is 53.6 Å². The fraction of sp³-hybridized carbons (Fsp3) is 0.350. The van der Waals surface area contributed by atoms with Gasteiger partial charge in [0.05, 0.1) is 6.20 Å². The third kappa shape index (κ3) is 4.04. The van der Waals surface area contributed by atoms with E-state index in [-0.39, 0.29) is 17.1 Å². The molecule has 0 spiro atoms. The molecule has 32 heavy (non-hydrogen) atoms. The van der Waals surface area contributed by atoms with Gasteiger partial charge in [0.15, 0.2) is 11.1 Å². The van der Waals surface area contributed by atoms with Crippen LogP contribution in [0.4, 0.5) is 27.6 Å². The molecule has 1 aliphatic rings. The predicted octanol–water partition coefficient (Wildman–Crippen LogP) is 4.05. The second-order valence-corrected chi connectivity index (χ2v) is 7.62. The highest BCUT2D eigenvalue weighted by molar-refractivity contribution is 6.02. The van der Waals surface area contributed by atoms with Crippen molar-refractivity contribution in [2.24, 2.45) is 10.7 Å². The Morgan fingerprint density at radius 2 is 1.88 bits per heavy atom. The first-order valence-electron chi connectivity index (χ1n) is 9.21. The van der Waals surface area contributed by atoms with Gasteiger partial charge in [-0.15, -0.1) is 0 Å². The lowest BCUT2D eigenvalue weighted by Gasteiger charge is -2.46. The van der Waals surface area contributed by atoms with E-state index in [0.717, 1.165) is 57.3 Å². The number of aliphatic imine (C=N–C) groups is 1. The Morgan fingerprint density at radius 1 is 1.19 bits per heavy atom. The number of carbonyl (C=O) groups is 1. The van der Waals surface area contributed by atoms with Gasteiger partial charge in [-0.25, -0.2) is 14.4 Å². The number of anilines is 1. The van der Waals surface area contributed by atoms with Gasteiger partial charge in [-0.1, -0.05) is 0 Å². The number of benzene rings is 1. The van der Waals surface area contributed by atoms with E-state index < -0.39 is 47.0 Å². The number of ether oxygens (including phenoxy) is 2. The fourth-order valence-corrected chi connectivity index (χ4v) is 3.31. The first-order valence-corrected chi connectivity index (χ1v) is 9.21. The smallest absolute Gasteiger partial charge is 0.387 e. The number of rotatable bonds is 5. The maximum Gasteiger partial charge on any atom is 0.387 e. The van der Waals surface area contributed by atoms with Crippen molar-refractivity contribution < 1.29 is 36.2 Å². The standard InChI is InChI=1S/C20H19F5N4O3/c1-18(2)20(24,25)19(3,29-17(26)32-18)12-8-10(4-6-13(12)21)28-15(30)14-7-5-11(9-27-14)31-16(22)23/h4-9,16H,1-3H3,(H2,26,29)(H,28,30). The van der Waals surface area contributed by atoms with E-state index in [9.17, 15) is 18.0 Å². The van der Waals surface area contributed by atoms with Crippen molar-refractivity contribution in [2.75, 3.05) is 5.32 Å². The monoisotopic (exact) mass is 458 g/mol. The molecule has 3 rings (SSSR count). The first kappa shape index (κ1) is 23.2. The van der Waals surface area contributed by atoms with Crippen LogP contribution in [-0.4, -0.2) is 35.0 Å². The van der Waals surface area contributed by atoms with Gasteiger partial charge >= 0.3 is 12.5 Å². The van der Waals surface area contributed by atoms with Crippen molar-refractivity contribution in [3.8, 4) is 5.75 Å². The summed E-state index contributed by atoms with van der Waals surface area (Å²) in [5, 5.41) is 2.39. The molecule has 3 N–H and O–H groups in total. The van der Waals surface area contributed by atoms with Crippen LogP contribution in [0, 0.1) is 5.82 Å². The summed E-state index contributed by atoms with van der Waals surface area (Å²) >= 11 is 0. The first-order chi connectivity index (χ1) is 14.8. The van der Waals surface area contributed by atoms with E-state index in [1.54, 1.807) is 0 Å². The molecule has 1 aromatic heterocycles. The van der Waals surface area contributed by atoms with Crippen LogP contribution in [0.3, 0.4) is 0 Å². The molecule has 1 amide bonds. The quantitative estimate of drug-likeness (QED) is 0.659. The van der Waals surface area contributed by atoms with Gasteiger partial charge < -0.3 is 20.5 Å². The van der Waals surface area contributed by atoms with Crippen molar-refractivity contribution in [1.29, 1.82) is 0 Å². The number of amidine groups is 1. The Hall–Kier alpha value is -3.44. The summed E-state index contributed by atoms with van der Waals surface area (Å²) in [6.45, 7) is 0.157. The minimum Gasteiger partial charge on any atom is -0.453 e. The number of nitrogens with one attached hydrogen (secondary N) is 1. The Morgan fingerprint density at radius 3 is 2.47 bits per heavy atom. The lowest BCUT2D eigenvalue weighted by Crippen LogP contribution is -2.62. The number of hydrogen-bond donors (Lipinski definition) is 2. The van der Waals surface area contributed by atoms with Gasteiger partial charge in [-0.05, 0) is 51.1 Å². The highest BCUT2D eigenvalue weighted by Crippen LogP contribution is 2.51. The zero-order valence-corrected chi connectivity index (χ0v) is 17.1. The summed E-state index contributed by atoms with van der Waals surface area (Å²) in [6, 6.07) is 4.75. The minimum absolute atomic E-state index is 0.0313. The van der Waals surface area contributed by atoms with Gasteiger partial charge in [0.1, 0.15) is 17.3 Å². The summed E-state index contributed by atoms with van der Waals surface area (Å²) in [5.74, 6) is -5.73. The van der Waals surface area contributed by atoms with Crippen LogP contribution in [0.15, 0.2) is 41.5 Å². The molecule has 2 heterocycles. The van der Waals surface area contributed by atoms with E-state index in [0.29, 0.717) is 0 Å². The number of amides is 1. The molecule has 2 aromatic rings. The average Bonchev–Trinajstić information content (AvgIpc) is 2.67. The Labute approximate surface area is 179 Å². The molecule has 1 aliphatic heterocycles. The number of aromatic nitrogens is 1. The van der Waals surface area contributed by atoms with E-state index in [4.69, 9.17) is 10.5 Å². The van der Waals surface area contributed by atoms with Crippen molar-refractivity contribution >= 4 is 17.6 Å². The van der Waals surface area contributed by atoms with E-state index in [1.807, 2.05) is 0 Å². The third-order valence-corrected chi connectivity index (χ3v) is 5.00. The number of carbonyl (C=O) groups excluding carboxylic acids is 1. The highest BCUT2D eigenvalue weighted by Gasteiger charge is 2.66. The van der Waals surface area contributed by atoms with Gasteiger partial charge in [0.25, 0.3) is 11.9 Å². The van der Waals surface area contributed by atoms with Crippen LogP contribution in [0.1, 0.15) is 36.8 Å². The molecular formula is C20H19F5N4O3. The molecule has 1 unspecified atom stereocenters. The Balaban J connectivity index is 1.92. The molecule has 0 radical (unpaired) electrons. The molecule has 0 saturated carbocycles. The van der Waals surface area contributed by atoms with Gasteiger partial charge in [0.2, 0.25) is 0 Å². The zero-order valence-electron chi connectivity index (χ0n) is 17.1. The SMILES string of the molecule is CC1(C)OC(N)=NC(C)(c2cc(NC(=O)c3ccc(OC(F)F)cn3)ccc2F)C1(F)F. The summed E-state index contributed by atoms with van der Waals surface area (Å²) in [4.78, 5) is 19.8.